The number of likely N-dealkylation sites (tertiary alicyclic amines) is 1. The van der Waals surface area contributed by atoms with Gasteiger partial charge in [0.05, 0.1) is 0 Å². The van der Waals surface area contributed by atoms with Crippen molar-refractivity contribution >= 4 is 7.28 Å². The molecular weight excluding hydrogens is 96.9 g/mol. The molecule has 1 radical (unpaired) electrons. The molecule has 1 saturated heterocycles. The summed E-state index contributed by atoms with van der Waals surface area (Å²) in [4.78, 5) is 2.38. The van der Waals surface area contributed by atoms with Gasteiger partial charge in [0.2, 0.25) is 0 Å². The van der Waals surface area contributed by atoms with Crippen LogP contribution in [0.4, 0.5) is 0 Å². The first-order valence-electron chi connectivity index (χ1n) is 3.31. The van der Waals surface area contributed by atoms with Crippen LogP contribution in [0.2, 0.25) is 12.6 Å². The molecule has 0 aromatic heterocycles. The maximum atomic E-state index is 2.38. The van der Waals surface area contributed by atoms with Crippen molar-refractivity contribution in [3.63, 3.8) is 0 Å². The van der Waals surface area contributed by atoms with E-state index in [1.54, 1.807) is 0 Å². The largest absolute Gasteiger partial charge is 0.307 e. The lowest BCUT2D eigenvalue weighted by Crippen LogP contribution is -2.13. The van der Waals surface area contributed by atoms with E-state index in [1.807, 2.05) is 0 Å². The highest BCUT2D eigenvalue weighted by Gasteiger charge is 2.16. The van der Waals surface area contributed by atoms with Crippen molar-refractivity contribution in [3.8, 4) is 0 Å². The second kappa shape index (κ2) is 2.54. The second-order valence-corrected chi connectivity index (χ2v) is 2.64. The Balaban J connectivity index is 2.22. The Morgan fingerprint density at radius 1 is 1.62 bits per heavy atom. The Hall–Kier alpha value is 0.0249. The standard InChI is InChI=1S/C6H13BN/c1-7-6-3-4-8(2)5-6/h6H,3-5H2,1-2H3. The minimum absolute atomic E-state index is 0.875. The van der Waals surface area contributed by atoms with Crippen molar-refractivity contribution in [1.82, 2.24) is 4.90 Å². The summed E-state index contributed by atoms with van der Waals surface area (Å²) in [5.74, 6) is 0.875. The molecule has 1 unspecified atom stereocenters. The minimum atomic E-state index is 0.875. The molecule has 1 aliphatic rings. The van der Waals surface area contributed by atoms with Crippen LogP contribution in [-0.2, 0) is 0 Å². The molecule has 1 heterocycles. The van der Waals surface area contributed by atoms with Gasteiger partial charge in [0, 0.05) is 0 Å². The van der Waals surface area contributed by atoms with Gasteiger partial charge in [-0.1, -0.05) is 12.6 Å². The van der Waals surface area contributed by atoms with E-state index in [4.69, 9.17) is 0 Å². The summed E-state index contributed by atoms with van der Waals surface area (Å²) in [6.45, 7) is 4.72. The molecule has 45 valence electrons. The van der Waals surface area contributed by atoms with Crippen LogP contribution in [0.25, 0.3) is 0 Å². The fraction of sp³-hybridized carbons (Fsp3) is 1.00. The van der Waals surface area contributed by atoms with Crippen molar-refractivity contribution in [1.29, 1.82) is 0 Å². The fourth-order valence-electron chi connectivity index (χ4n) is 1.24. The van der Waals surface area contributed by atoms with Crippen molar-refractivity contribution in [3.05, 3.63) is 0 Å². The van der Waals surface area contributed by atoms with Gasteiger partial charge < -0.3 is 4.90 Å². The van der Waals surface area contributed by atoms with E-state index in [1.165, 1.54) is 19.5 Å². The lowest BCUT2D eigenvalue weighted by molar-refractivity contribution is 0.418. The van der Waals surface area contributed by atoms with Gasteiger partial charge in [-0.05, 0) is 26.6 Å². The van der Waals surface area contributed by atoms with Crippen molar-refractivity contribution in [2.24, 2.45) is 0 Å². The van der Waals surface area contributed by atoms with Gasteiger partial charge in [0.15, 0.2) is 0 Å². The zero-order valence-corrected chi connectivity index (χ0v) is 5.72. The van der Waals surface area contributed by atoms with Crippen LogP contribution in [-0.4, -0.2) is 32.3 Å². The van der Waals surface area contributed by atoms with Gasteiger partial charge in [-0.15, -0.1) is 0 Å². The molecule has 1 rings (SSSR count). The number of hydrogen-bond donors (Lipinski definition) is 0. The summed E-state index contributed by atoms with van der Waals surface area (Å²) in [6, 6.07) is 0. The van der Waals surface area contributed by atoms with Crippen molar-refractivity contribution in [2.45, 2.75) is 19.1 Å². The molecular formula is C6H13BN. The summed E-state index contributed by atoms with van der Waals surface area (Å²) in [5.41, 5.74) is 0. The Kier molecular flexibility index (Phi) is 1.95. The highest BCUT2D eigenvalue weighted by Crippen LogP contribution is 2.17. The van der Waals surface area contributed by atoms with E-state index in [0.717, 1.165) is 5.82 Å². The molecule has 0 saturated carbocycles. The summed E-state index contributed by atoms with van der Waals surface area (Å²) in [7, 11) is 4.49. The SMILES string of the molecule is C[B]C1CCN(C)C1. The zero-order chi connectivity index (χ0) is 5.98. The molecule has 1 atom stereocenters. The molecule has 1 fully saturated rings. The molecule has 0 aromatic rings. The predicted molar refractivity (Wildman–Crippen MR) is 37.5 cm³/mol. The van der Waals surface area contributed by atoms with Gasteiger partial charge in [-0.3, -0.25) is 0 Å². The Morgan fingerprint density at radius 2 is 2.38 bits per heavy atom. The first kappa shape index (κ1) is 6.15. The third-order valence-electron chi connectivity index (χ3n) is 1.90. The van der Waals surface area contributed by atoms with Gasteiger partial charge >= 0.3 is 0 Å². The number of rotatable bonds is 1. The molecule has 0 aromatic carbocycles. The maximum Gasteiger partial charge on any atom is 0.111 e. The van der Waals surface area contributed by atoms with Crippen molar-refractivity contribution < 1.29 is 0 Å². The van der Waals surface area contributed by atoms with Crippen LogP contribution in [0, 0.1) is 0 Å². The van der Waals surface area contributed by atoms with Crippen LogP contribution < -0.4 is 0 Å². The van der Waals surface area contributed by atoms with E-state index < -0.39 is 0 Å². The van der Waals surface area contributed by atoms with Crippen LogP contribution >= 0.6 is 0 Å². The molecule has 1 aliphatic heterocycles. The zero-order valence-electron chi connectivity index (χ0n) is 5.72. The maximum absolute atomic E-state index is 2.38. The summed E-state index contributed by atoms with van der Waals surface area (Å²) >= 11 is 0. The fourth-order valence-corrected chi connectivity index (χ4v) is 1.24. The van der Waals surface area contributed by atoms with Crippen molar-refractivity contribution in [2.75, 3.05) is 20.1 Å². The van der Waals surface area contributed by atoms with E-state index in [-0.39, 0.29) is 0 Å². The van der Waals surface area contributed by atoms with E-state index in [0.29, 0.717) is 0 Å². The Morgan fingerprint density at radius 3 is 2.62 bits per heavy atom. The topological polar surface area (TPSA) is 3.24 Å². The van der Waals surface area contributed by atoms with Gasteiger partial charge in [0.1, 0.15) is 7.28 Å². The number of nitrogens with zero attached hydrogens (tertiary/aromatic N) is 1. The molecule has 0 spiro atoms. The van der Waals surface area contributed by atoms with E-state index in [2.05, 4.69) is 26.1 Å². The van der Waals surface area contributed by atoms with Crippen LogP contribution in [0.3, 0.4) is 0 Å². The highest BCUT2D eigenvalue weighted by atomic mass is 15.1. The van der Waals surface area contributed by atoms with E-state index >= 15 is 0 Å². The van der Waals surface area contributed by atoms with E-state index in [9.17, 15) is 0 Å². The average molecular weight is 110 g/mol. The highest BCUT2D eigenvalue weighted by molar-refractivity contribution is 6.35. The van der Waals surface area contributed by atoms with Crippen LogP contribution in [0.5, 0.6) is 0 Å². The smallest absolute Gasteiger partial charge is 0.111 e. The molecule has 0 amide bonds. The normalized spacial score (nSPS) is 31.0. The Bertz CT molecular complexity index is 74.9. The predicted octanol–water partition coefficient (Wildman–Crippen LogP) is 0.863. The lowest BCUT2D eigenvalue weighted by atomic mass is 9.67. The van der Waals surface area contributed by atoms with Gasteiger partial charge in [-0.25, -0.2) is 0 Å². The molecule has 1 nitrogen and oxygen atoms in total. The Labute approximate surface area is 52.3 Å². The molecule has 2 heteroatoms. The molecule has 0 aliphatic carbocycles. The monoisotopic (exact) mass is 110 g/mol. The average Bonchev–Trinajstić information content (AvgIpc) is 2.14. The second-order valence-electron chi connectivity index (χ2n) is 2.64. The molecule has 0 bridgehead atoms. The molecule has 8 heavy (non-hydrogen) atoms. The van der Waals surface area contributed by atoms with Crippen LogP contribution in [0.15, 0.2) is 0 Å². The van der Waals surface area contributed by atoms with Gasteiger partial charge in [-0.2, -0.15) is 0 Å². The first-order valence-corrected chi connectivity index (χ1v) is 3.31. The summed E-state index contributed by atoms with van der Waals surface area (Å²) in [5, 5.41) is 0. The van der Waals surface area contributed by atoms with Gasteiger partial charge in [0.25, 0.3) is 0 Å². The molecule has 0 N–H and O–H groups in total. The first-order chi connectivity index (χ1) is 3.83. The lowest BCUT2D eigenvalue weighted by Gasteiger charge is -2.05. The summed E-state index contributed by atoms with van der Waals surface area (Å²) in [6.07, 6.45) is 1.37. The van der Waals surface area contributed by atoms with Crippen LogP contribution in [0.1, 0.15) is 6.42 Å². The number of hydrogen-bond acceptors (Lipinski definition) is 1. The third kappa shape index (κ3) is 1.25. The minimum Gasteiger partial charge on any atom is -0.307 e. The quantitative estimate of drug-likeness (QED) is 0.452. The third-order valence-corrected chi connectivity index (χ3v) is 1.90. The summed E-state index contributed by atoms with van der Waals surface area (Å²) < 4.78 is 0.